The van der Waals surface area contributed by atoms with Gasteiger partial charge in [0.15, 0.2) is 0 Å². The summed E-state index contributed by atoms with van der Waals surface area (Å²) < 4.78 is 0. The molecule has 0 nitrogen and oxygen atoms in total. The van der Waals surface area contributed by atoms with Gasteiger partial charge in [-0.1, -0.05) is 34.1 Å². The zero-order chi connectivity index (χ0) is 9.78. The number of hydrogen-bond acceptors (Lipinski definition) is 0. The SMILES string of the molecule is CCC(C)C(C)(Cl)CCC(C)C. The van der Waals surface area contributed by atoms with Crippen LogP contribution < -0.4 is 0 Å². The van der Waals surface area contributed by atoms with Crippen molar-refractivity contribution in [2.45, 2.75) is 58.8 Å². The average molecular weight is 191 g/mol. The van der Waals surface area contributed by atoms with Crippen molar-refractivity contribution in [1.29, 1.82) is 0 Å². The zero-order valence-corrected chi connectivity index (χ0v) is 9.91. The maximum atomic E-state index is 6.43. The quantitative estimate of drug-likeness (QED) is 0.562. The van der Waals surface area contributed by atoms with E-state index in [2.05, 4.69) is 34.6 Å². The molecule has 0 radical (unpaired) electrons. The van der Waals surface area contributed by atoms with E-state index in [0.717, 1.165) is 12.3 Å². The molecule has 0 spiro atoms. The first-order valence-corrected chi connectivity index (χ1v) is 5.46. The highest BCUT2D eigenvalue weighted by molar-refractivity contribution is 6.23. The minimum atomic E-state index is 0.0129. The van der Waals surface area contributed by atoms with Gasteiger partial charge in [0.2, 0.25) is 0 Å². The fourth-order valence-electron chi connectivity index (χ4n) is 1.24. The lowest BCUT2D eigenvalue weighted by Crippen LogP contribution is -2.26. The lowest BCUT2D eigenvalue weighted by atomic mass is 9.87. The topological polar surface area (TPSA) is 0 Å². The summed E-state index contributed by atoms with van der Waals surface area (Å²) in [4.78, 5) is 0.0129. The normalized spacial score (nSPS) is 19.2. The van der Waals surface area contributed by atoms with E-state index in [0.29, 0.717) is 5.92 Å². The van der Waals surface area contributed by atoms with Crippen LogP contribution in [0, 0.1) is 11.8 Å². The van der Waals surface area contributed by atoms with Gasteiger partial charge in [-0.25, -0.2) is 0 Å². The molecule has 0 bridgehead atoms. The molecule has 74 valence electrons. The van der Waals surface area contributed by atoms with Gasteiger partial charge >= 0.3 is 0 Å². The van der Waals surface area contributed by atoms with Gasteiger partial charge < -0.3 is 0 Å². The van der Waals surface area contributed by atoms with E-state index in [4.69, 9.17) is 11.6 Å². The first-order valence-electron chi connectivity index (χ1n) is 5.09. The third kappa shape index (κ3) is 4.35. The summed E-state index contributed by atoms with van der Waals surface area (Å²) in [5.41, 5.74) is 0. The predicted molar refractivity (Wildman–Crippen MR) is 57.8 cm³/mol. The fourth-order valence-corrected chi connectivity index (χ4v) is 1.51. The summed E-state index contributed by atoms with van der Waals surface area (Å²) in [5, 5.41) is 0. The highest BCUT2D eigenvalue weighted by Gasteiger charge is 2.26. The molecule has 0 saturated heterocycles. The van der Waals surface area contributed by atoms with Gasteiger partial charge in [0.1, 0.15) is 0 Å². The van der Waals surface area contributed by atoms with E-state index in [1.165, 1.54) is 12.8 Å². The third-order valence-corrected chi connectivity index (χ3v) is 3.41. The van der Waals surface area contributed by atoms with Gasteiger partial charge in [0, 0.05) is 4.87 Å². The van der Waals surface area contributed by atoms with E-state index in [1.54, 1.807) is 0 Å². The van der Waals surface area contributed by atoms with Crippen molar-refractivity contribution in [2.75, 3.05) is 0 Å². The molecule has 12 heavy (non-hydrogen) atoms. The smallest absolute Gasteiger partial charge is 0.0444 e. The molecule has 2 atom stereocenters. The molecule has 0 amide bonds. The van der Waals surface area contributed by atoms with Crippen LogP contribution in [-0.2, 0) is 0 Å². The maximum absolute atomic E-state index is 6.43. The van der Waals surface area contributed by atoms with Crippen LogP contribution in [0.4, 0.5) is 0 Å². The second kappa shape index (κ2) is 5.11. The molecule has 0 aliphatic rings. The van der Waals surface area contributed by atoms with Crippen LogP contribution in [0.25, 0.3) is 0 Å². The summed E-state index contributed by atoms with van der Waals surface area (Å²) in [6.45, 7) is 11.1. The number of rotatable bonds is 5. The average Bonchev–Trinajstić information content (AvgIpc) is 1.99. The Morgan fingerprint density at radius 1 is 1.25 bits per heavy atom. The first-order chi connectivity index (χ1) is 5.40. The van der Waals surface area contributed by atoms with Crippen LogP contribution >= 0.6 is 11.6 Å². The zero-order valence-electron chi connectivity index (χ0n) is 9.15. The lowest BCUT2D eigenvalue weighted by Gasteiger charge is -2.29. The molecule has 0 fully saturated rings. The van der Waals surface area contributed by atoms with Crippen LogP contribution in [0.15, 0.2) is 0 Å². The second-order valence-electron chi connectivity index (χ2n) is 4.52. The first kappa shape index (κ1) is 12.3. The third-order valence-electron chi connectivity index (χ3n) is 2.85. The minimum Gasteiger partial charge on any atom is -0.119 e. The van der Waals surface area contributed by atoms with E-state index in [9.17, 15) is 0 Å². The highest BCUT2D eigenvalue weighted by atomic mass is 35.5. The Labute approximate surface area is 82.7 Å². The van der Waals surface area contributed by atoms with E-state index >= 15 is 0 Å². The van der Waals surface area contributed by atoms with Crippen LogP contribution in [0.3, 0.4) is 0 Å². The molecule has 0 aromatic carbocycles. The molecule has 0 aromatic heterocycles. The van der Waals surface area contributed by atoms with Crippen LogP contribution in [0.5, 0.6) is 0 Å². The molecule has 0 aliphatic heterocycles. The standard InChI is InChI=1S/C11H23Cl/c1-6-10(4)11(5,12)8-7-9(2)3/h9-10H,6-8H2,1-5H3. The summed E-state index contributed by atoms with van der Waals surface area (Å²) in [5.74, 6) is 1.39. The molecule has 2 unspecified atom stereocenters. The largest absolute Gasteiger partial charge is 0.119 e. The van der Waals surface area contributed by atoms with Crippen molar-refractivity contribution in [1.82, 2.24) is 0 Å². The Morgan fingerprint density at radius 3 is 2.08 bits per heavy atom. The van der Waals surface area contributed by atoms with E-state index in [1.807, 2.05) is 0 Å². The Morgan fingerprint density at radius 2 is 1.75 bits per heavy atom. The van der Waals surface area contributed by atoms with Gasteiger partial charge in [-0.05, 0) is 31.6 Å². The van der Waals surface area contributed by atoms with Crippen molar-refractivity contribution in [3.05, 3.63) is 0 Å². The number of alkyl halides is 1. The summed E-state index contributed by atoms with van der Waals surface area (Å²) in [6, 6.07) is 0. The Bertz CT molecular complexity index is 116. The van der Waals surface area contributed by atoms with Gasteiger partial charge in [-0.15, -0.1) is 11.6 Å². The molecule has 0 aromatic rings. The summed E-state index contributed by atoms with van der Waals surface area (Å²) in [6.07, 6.45) is 3.56. The highest BCUT2D eigenvalue weighted by Crippen LogP contribution is 2.33. The number of halogens is 1. The number of hydrogen-bond donors (Lipinski definition) is 0. The molecule has 0 rings (SSSR count). The van der Waals surface area contributed by atoms with Gasteiger partial charge in [0.25, 0.3) is 0 Å². The van der Waals surface area contributed by atoms with E-state index in [-0.39, 0.29) is 4.87 Å². The van der Waals surface area contributed by atoms with Crippen molar-refractivity contribution in [2.24, 2.45) is 11.8 Å². The van der Waals surface area contributed by atoms with Gasteiger partial charge in [-0.3, -0.25) is 0 Å². The van der Waals surface area contributed by atoms with Crippen molar-refractivity contribution < 1.29 is 0 Å². The van der Waals surface area contributed by atoms with Crippen molar-refractivity contribution >= 4 is 11.6 Å². The monoisotopic (exact) mass is 190 g/mol. The molecular weight excluding hydrogens is 168 g/mol. The minimum absolute atomic E-state index is 0.0129. The second-order valence-corrected chi connectivity index (χ2v) is 5.38. The van der Waals surface area contributed by atoms with Crippen molar-refractivity contribution in [3.8, 4) is 0 Å². The van der Waals surface area contributed by atoms with Crippen LogP contribution in [0.2, 0.25) is 0 Å². The predicted octanol–water partition coefficient (Wildman–Crippen LogP) is 4.47. The van der Waals surface area contributed by atoms with E-state index < -0.39 is 0 Å². The Kier molecular flexibility index (Phi) is 5.24. The fraction of sp³-hybridized carbons (Fsp3) is 1.00. The molecule has 1 heteroatoms. The molecule has 0 saturated carbocycles. The Balaban J connectivity index is 3.86. The molecule has 0 heterocycles. The molecule has 0 aliphatic carbocycles. The van der Waals surface area contributed by atoms with Crippen LogP contribution in [-0.4, -0.2) is 4.87 Å². The summed E-state index contributed by atoms with van der Waals surface area (Å²) in [7, 11) is 0. The molecular formula is C11H23Cl. The van der Waals surface area contributed by atoms with Crippen molar-refractivity contribution in [3.63, 3.8) is 0 Å². The summed E-state index contributed by atoms with van der Waals surface area (Å²) >= 11 is 6.43. The van der Waals surface area contributed by atoms with Gasteiger partial charge in [0.05, 0.1) is 0 Å². The maximum Gasteiger partial charge on any atom is 0.0444 e. The Hall–Kier alpha value is 0.290. The van der Waals surface area contributed by atoms with Gasteiger partial charge in [-0.2, -0.15) is 0 Å². The molecule has 0 N–H and O–H groups in total. The lowest BCUT2D eigenvalue weighted by molar-refractivity contribution is 0.359. The van der Waals surface area contributed by atoms with Crippen LogP contribution in [0.1, 0.15) is 53.9 Å².